The second-order valence-corrected chi connectivity index (χ2v) is 4.69. The lowest BCUT2D eigenvalue weighted by atomic mass is 10.1. The zero-order valence-electron chi connectivity index (χ0n) is 10.4. The lowest BCUT2D eigenvalue weighted by Crippen LogP contribution is -2.05. The number of Topliss-reactive ketones (excluding diaryl/α,β-unsaturated/α-hetero) is 1. The van der Waals surface area contributed by atoms with Gasteiger partial charge in [0.2, 0.25) is 0 Å². The van der Waals surface area contributed by atoms with E-state index in [1.165, 1.54) is 12.1 Å². The van der Waals surface area contributed by atoms with Crippen molar-refractivity contribution in [2.75, 3.05) is 0 Å². The smallest absolute Gasteiger partial charge is 0.166 e. The molecule has 2 aromatic rings. The Bertz CT molecular complexity index is 623. The average Bonchev–Trinajstić information content (AvgIpc) is 2.61. The average molecular weight is 256 g/mol. The van der Waals surface area contributed by atoms with Crippen LogP contribution in [0, 0.1) is 5.82 Å². The van der Waals surface area contributed by atoms with E-state index in [1.807, 2.05) is 0 Å². The lowest BCUT2D eigenvalue weighted by molar-refractivity contribution is 0.0981. The van der Waals surface area contributed by atoms with Gasteiger partial charge in [-0.05, 0) is 43.5 Å². The largest absolute Gasteiger partial charge is 0.294 e. The molecule has 19 heavy (non-hydrogen) atoms. The molecule has 1 aromatic carbocycles. The van der Waals surface area contributed by atoms with Crippen LogP contribution in [0.3, 0.4) is 0 Å². The number of hydrogen-bond acceptors (Lipinski definition) is 3. The number of ketones is 1. The maximum atomic E-state index is 12.9. The van der Waals surface area contributed by atoms with Crippen LogP contribution in [0.5, 0.6) is 0 Å². The molecule has 0 radical (unpaired) electrons. The minimum atomic E-state index is -0.284. The molecule has 96 valence electrons. The quantitative estimate of drug-likeness (QED) is 0.736. The van der Waals surface area contributed by atoms with E-state index >= 15 is 0 Å². The molecule has 0 aliphatic heterocycles. The second-order valence-electron chi connectivity index (χ2n) is 4.69. The molecule has 4 heteroatoms. The van der Waals surface area contributed by atoms with Crippen molar-refractivity contribution in [2.45, 2.75) is 25.7 Å². The number of aromatic nitrogens is 2. The Morgan fingerprint density at radius 1 is 1.05 bits per heavy atom. The van der Waals surface area contributed by atoms with Gasteiger partial charge in [0.1, 0.15) is 5.82 Å². The van der Waals surface area contributed by atoms with Gasteiger partial charge >= 0.3 is 0 Å². The lowest BCUT2D eigenvalue weighted by Gasteiger charge is -2.06. The minimum Gasteiger partial charge on any atom is -0.294 e. The number of hydrogen-bond donors (Lipinski definition) is 0. The summed E-state index contributed by atoms with van der Waals surface area (Å²) >= 11 is 0. The van der Waals surface area contributed by atoms with E-state index in [0.717, 1.165) is 30.5 Å². The highest BCUT2D eigenvalue weighted by molar-refractivity contribution is 5.97. The molecule has 0 atom stereocenters. The van der Waals surface area contributed by atoms with Crippen molar-refractivity contribution in [3.05, 3.63) is 47.5 Å². The summed E-state index contributed by atoms with van der Waals surface area (Å²) in [5.74, 6) is 0.389. The van der Waals surface area contributed by atoms with Gasteiger partial charge in [-0.2, -0.15) is 0 Å². The Hall–Kier alpha value is -2.10. The standard InChI is InChI=1S/C15H13FN2O/c16-11-7-5-10(6-8-11)15-17-9-12-13(18-15)3-1-2-4-14(12)19/h5-9H,1-4H2. The van der Waals surface area contributed by atoms with Crippen LogP contribution in [0.4, 0.5) is 4.39 Å². The number of nitrogens with zero attached hydrogens (tertiary/aromatic N) is 2. The molecule has 0 N–H and O–H groups in total. The third-order valence-corrected chi connectivity index (χ3v) is 3.34. The summed E-state index contributed by atoms with van der Waals surface area (Å²) in [5.41, 5.74) is 2.22. The number of rotatable bonds is 1. The van der Waals surface area contributed by atoms with Crippen LogP contribution < -0.4 is 0 Å². The van der Waals surface area contributed by atoms with Crippen molar-refractivity contribution in [3.63, 3.8) is 0 Å². The van der Waals surface area contributed by atoms with Crippen LogP contribution in [-0.4, -0.2) is 15.8 Å². The molecule has 3 rings (SSSR count). The van der Waals surface area contributed by atoms with E-state index in [-0.39, 0.29) is 11.6 Å². The minimum absolute atomic E-state index is 0.123. The molecule has 3 nitrogen and oxygen atoms in total. The third-order valence-electron chi connectivity index (χ3n) is 3.34. The van der Waals surface area contributed by atoms with Gasteiger partial charge in [0.05, 0.1) is 11.3 Å². The molecule has 1 aromatic heterocycles. The predicted octanol–water partition coefficient (Wildman–Crippen LogP) is 3.19. The van der Waals surface area contributed by atoms with Crippen LogP contribution >= 0.6 is 0 Å². The van der Waals surface area contributed by atoms with Gasteiger partial charge in [-0.3, -0.25) is 4.79 Å². The topological polar surface area (TPSA) is 42.9 Å². The van der Waals surface area contributed by atoms with E-state index in [4.69, 9.17) is 0 Å². The van der Waals surface area contributed by atoms with Gasteiger partial charge in [0.15, 0.2) is 11.6 Å². The van der Waals surface area contributed by atoms with Crippen molar-refractivity contribution >= 4 is 5.78 Å². The summed E-state index contributed by atoms with van der Waals surface area (Å²) < 4.78 is 12.9. The molecule has 0 amide bonds. The molecule has 1 heterocycles. The van der Waals surface area contributed by atoms with Crippen LogP contribution in [0.15, 0.2) is 30.5 Å². The Balaban J connectivity index is 2.03. The first kappa shape index (κ1) is 12.0. The number of halogens is 1. The Morgan fingerprint density at radius 3 is 2.58 bits per heavy atom. The first-order valence-corrected chi connectivity index (χ1v) is 6.39. The van der Waals surface area contributed by atoms with E-state index < -0.39 is 0 Å². The van der Waals surface area contributed by atoms with E-state index in [0.29, 0.717) is 17.8 Å². The molecule has 0 fully saturated rings. The number of benzene rings is 1. The zero-order valence-corrected chi connectivity index (χ0v) is 10.4. The second kappa shape index (κ2) is 4.88. The van der Waals surface area contributed by atoms with Crippen LogP contribution in [0.2, 0.25) is 0 Å². The zero-order chi connectivity index (χ0) is 13.2. The summed E-state index contributed by atoms with van der Waals surface area (Å²) in [6, 6.07) is 6.07. The monoisotopic (exact) mass is 256 g/mol. The molecule has 0 saturated heterocycles. The number of carbonyl (C=O) groups excluding carboxylic acids is 1. The van der Waals surface area contributed by atoms with Crippen LogP contribution in [-0.2, 0) is 6.42 Å². The van der Waals surface area contributed by atoms with Crippen molar-refractivity contribution < 1.29 is 9.18 Å². The summed E-state index contributed by atoms with van der Waals surface area (Å²) in [6.07, 6.45) is 4.86. The highest BCUT2D eigenvalue weighted by atomic mass is 19.1. The Morgan fingerprint density at radius 2 is 1.79 bits per heavy atom. The summed E-state index contributed by atoms with van der Waals surface area (Å²) in [4.78, 5) is 20.6. The molecule has 1 aliphatic rings. The van der Waals surface area contributed by atoms with Gasteiger partial charge in [-0.1, -0.05) is 0 Å². The maximum Gasteiger partial charge on any atom is 0.166 e. The van der Waals surface area contributed by atoms with Crippen LogP contribution in [0.25, 0.3) is 11.4 Å². The highest BCUT2D eigenvalue weighted by Gasteiger charge is 2.18. The predicted molar refractivity (Wildman–Crippen MR) is 69.3 cm³/mol. The number of carbonyl (C=O) groups is 1. The fraction of sp³-hybridized carbons (Fsp3) is 0.267. The molecular formula is C15H13FN2O. The Labute approximate surface area is 110 Å². The van der Waals surface area contributed by atoms with E-state index in [2.05, 4.69) is 9.97 Å². The van der Waals surface area contributed by atoms with Gasteiger partial charge in [0.25, 0.3) is 0 Å². The van der Waals surface area contributed by atoms with Crippen molar-refractivity contribution in [1.82, 2.24) is 9.97 Å². The summed E-state index contributed by atoms with van der Waals surface area (Å²) in [6.45, 7) is 0. The normalized spacial score (nSPS) is 14.9. The van der Waals surface area contributed by atoms with Gasteiger partial charge in [0, 0.05) is 18.2 Å². The molecule has 0 spiro atoms. The van der Waals surface area contributed by atoms with Gasteiger partial charge in [-0.15, -0.1) is 0 Å². The van der Waals surface area contributed by atoms with Gasteiger partial charge in [-0.25, -0.2) is 14.4 Å². The SMILES string of the molecule is O=C1CCCCc2nc(-c3ccc(F)cc3)ncc21. The van der Waals surface area contributed by atoms with Crippen molar-refractivity contribution in [1.29, 1.82) is 0 Å². The van der Waals surface area contributed by atoms with Crippen molar-refractivity contribution in [3.8, 4) is 11.4 Å². The van der Waals surface area contributed by atoms with Crippen molar-refractivity contribution in [2.24, 2.45) is 0 Å². The molecule has 0 unspecified atom stereocenters. The summed E-state index contributed by atoms with van der Waals surface area (Å²) in [5, 5.41) is 0. The highest BCUT2D eigenvalue weighted by Crippen LogP contribution is 2.22. The first-order valence-electron chi connectivity index (χ1n) is 6.39. The molecule has 0 saturated carbocycles. The maximum absolute atomic E-state index is 12.9. The molecule has 1 aliphatic carbocycles. The van der Waals surface area contributed by atoms with E-state index in [1.54, 1.807) is 18.3 Å². The van der Waals surface area contributed by atoms with Crippen LogP contribution in [0.1, 0.15) is 35.3 Å². The third kappa shape index (κ3) is 2.38. The number of aryl methyl sites for hydroxylation is 1. The van der Waals surface area contributed by atoms with E-state index in [9.17, 15) is 9.18 Å². The molecular weight excluding hydrogens is 243 g/mol. The fourth-order valence-corrected chi connectivity index (χ4v) is 2.29. The summed E-state index contributed by atoms with van der Waals surface area (Å²) in [7, 11) is 0. The Kier molecular flexibility index (Phi) is 3.07. The fourth-order valence-electron chi connectivity index (χ4n) is 2.29. The van der Waals surface area contributed by atoms with Gasteiger partial charge < -0.3 is 0 Å². The first-order chi connectivity index (χ1) is 9.24. The number of fused-ring (bicyclic) bond motifs is 1. The molecule has 0 bridgehead atoms.